The molecule has 0 aliphatic heterocycles. The number of carbonyl (C=O) groups is 1. The van der Waals surface area contributed by atoms with Gasteiger partial charge in [0.2, 0.25) is 5.91 Å². The number of nitrogens with zero attached hydrogens (tertiary/aromatic N) is 2. The van der Waals surface area contributed by atoms with Crippen LogP contribution in [0.25, 0.3) is 10.9 Å². The first-order chi connectivity index (χ1) is 13.4. The SMILES string of the molecule is COc1cc2ncnc(Nc3cccc(Cl)c3F)c2cc1CNC(=O)[C@@H](C)N. The maximum atomic E-state index is 14.3. The molecule has 9 heteroatoms. The van der Waals surface area contributed by atoms with E-state index in [1.54, 1.807) is 31.2 Å². The van der Waals surface area contributed by atoms with E-state index in [1.165, 1.54) is 19.5 Å². The Balaban J connectivity index is 2.01. The quantitative estimate of drug-likeness (QED) is 0.584. The largest absolute Gasteiger partial charge is 0.496 e. The molecule has 0 saturated heterocycles. The average Bonchev–Trinajstić information content (AvgIpc) is 2.69. The number of halogens is 2. The highest BCUT2D eigenvalue weighted by Crippen LogP contribution is 2.31. The molecule has 0 saturated carbocycles. The highest BCUT2D eigenvalue weighted by molar-refractivity contribution is 6.31. The Morgan fingerprint density at radius 1 is 1.36 bits per heavy atom. The van der Waals surface area contributed by atoms with Crippen molar-refractivity contribution in [3.05, 3.63) is 53.1 Å². The third-order valence-corrected chi connectivity index (χ3v) is 4.40. The fourth-order valence-electron chi connectivity index (χ4n) is 2.63. The van der Waals surface area contributed by atoms with Gasteiger partial charge in [0.1, 0.15) is 17.9 Å². The lowest BCUT2D eigenvalue weighted by atomic mass is 10.1. The summed E-state index contributed by atoms with van der Waals surface area (Å²) in [6.07, 6.45) is 1.37. The smallest absolute Gasteiger partial charge is 0.236 e. The fourth-order valence-corrected chi connectivity index (χ4v) is 2.80. The summed E-state index contributed by atoms with van der Waals surface area (Å²) >= 11 is 5.84. The van der Waals surface area contributed by atoms with Crippen molar-refractivity contribution in [2.24, 2.45) is 5.73 Å². The van der Waals surface area contributed by atoms with Gasteiger partial charge in [-0.25, -0.2) is 14.4 Å². The third-order valence-electron chi connectivity index (χ3n) is 4.11. The molecule has 4 N–H and O–H groups in total. The molecule has 1 amide bonds. The number of hydrogen-bond donors (Lipinski definition) is 3. The molecule has 1 aromatic heterocycles. The Morgan fingerprint density at radius 3 is 2.86 bits per heavy atom. The van der Waals surface area contributed by atoms with Crippen molar-refractivity contribution in [1.82, 2.24) is 15.3 Å². The molecule has 0 spiro atoms. The van der Waals surface area contributed by atoms with Gasteiger partial charge in [-0.2, -0.15) is 0 Å². The number of hydrogen-bond acceptors (Lipinski definition) is 6. The van der Waals surface area contributed by atoms with Crippen molar-refractivity contribution in [3.8, 4) is 5.75 Å². The topological polar surface area (TPSA) is 102 Å². The highest BCUT2D eigenvalue weighted by atomic mass is 35.5. The number of ether oxygens (including phenoxy) is 1. The summed E-state index contributed by atoms with van der Waals surface area (Å²) < 4.78 is 19.7. The number of methoxy groups -OCH3 is 1. The minimum atomic E-state index is -0.627. The molecule has 3 rings (SSSR count). The van der Waals surface area contributed by atoms with Crippen LogP contribution in [0.1, 0.15) is 12.5 Å². The molecule has 0 aliphatic rings. The maximum absolute atomic E-state index is 14.3. The summed E-state index contributed by atoms with van der Waals surface area (Å²) in [7, 11) is 1.53. The molecule has 0 aliphatic carbocycles. The summed E-state index contributed by atoms with van der Waals surface area (Å²) in [6, 6.07) is 7.53. The van der Waals surface area contributed by atoms with E-state index in [1.807, 2.05) is 0 Å². The van der Waals surface area contributed by atoms with Crippen LogP contribution in [-0.4, -0.2) is 29.0 Å². The molecule has 0 unspecified atom stereocenters. The number of nitrogens with two attached hydrogens (primary N) is 1. The summed E-state index contributed by atoms with van der Waals surface area (Å²) in [4.78, 5) is 20.2. The molecular formula is C19H19ClFN5O2. The lowest BCUT2D eigenvalue weighted by Gasteiger charge is -2.14. The van der Waals surface area contributed by atoms with E-state index in [-0.39, 0.29) is 23.2 Å². The zero-order valence-corrected chi connectivity index (χ0v) is 16.0. The van der Waals surface area contributed by atoms with E-state index in [2.05, 4.69) is 20.6 Å². The highest BCUT2D eigenvalue weighted by Gasteiger charge is 2.14. The van der Waals surface area contributed by atoms with Crippen molar-refractivity contribution in [1.29, 1.82) is 0 Å². The summed E-state index contributed by atoms with van der Waals surface area (Å²) in [5.41, 5.74) is 7.07. The zero-order chi connectivity index (χ0) is 20.3. The molecular weight excluding hydrogens is 385 g/mol. The van der Waals surface area contributed by atoms with Crippen LogP contribution in [-0.2, 0) is 11.3 Å². The number of benzene rings is 2. The molecule has 0 fully saturated rings. The van der Waals surface area contributed by atoms with Gasteiger partial charge in [-0.15, -0.1) is 0 Å². The molecule has 0 radical (unpaired) electrons. The van der Waals surface area contributed by atoms with Crippen LogP contribution < -0.4 is 21.1 Å². The normalized spacial score (nSPS) is 11.9. The van der Waals surface area contributed by atoms with Gasteiger partial charge >= 0.3 is 0 Å². The van der Waals surface area contributed by atoms with Crippen LogP contribution in [0.2, 0.25) is 5.02 Å². The number of nitrogens with one attached hydrogen (secondary N) is 2. The average molecular weight is 404 g/mol. The number of anilines is 2. The first-order valence-corrected chi connectivity index (χ1v) is 8.84. The zero-order valence-electron chi connectivity index (χ0n) is 15.3. The van der Waals surface area contributed by atoms with Gasteiger partial charge in [-0.1, -0.05) is 17.7 Å². The lowest BCUT2D eigenvalue weighted by Crippen LogP contribution is -2.37. The van der Waals surface area contributed by atoms with E-state index in [4.69, 9.17) is 22.1 Å². The fraction of sp³-hybridized carbons (Fsp3) is 0.211. The predicted molar refractivity (Wildman–Crippen MR) is 106 cm³/mol. The van der Waals surface area contributed by atoms with Gasteiger partial charge in [0.05, 0.1) is 29.4 Å². The van der Waals surface area contributed by atoms with Crippen LogP contribution in [0.5, 0.6) is 5.75 Å². The van der Waals surface area contributed by atoms with E-state index in [0.29, 0.717) is 28.0 Å². The minimum Gasteiger partial charge on any atom is -0.496 e. The first kappa shape index (κ1) is 19.8. The molecule has 1 heterocycles. The van der Waals surface area contributed by atoms with Gasteiger partial charge < -0.3 is 21.1 Å². The van der Waals surface area contributed by atoms with Gasteiger partial charge in [0, 0.05) is 23.6 Å². The molecule has 7 nitrogen and oxygen atoms in total. The second-order valence-corrected chi connectivity index (χ2v) is 6.54. The monoisotopic (exact) mass is 403 g/mol. The number of carbonyl (C=O) groups excluding carboxylic acids is 1. The Bertz CT molecular complexity index is 1030. The lowest BCUT2D eigenvalue weighted by molar-refractivity contribution is -0.122. The second-order valence-electron chi connectivity index (χ2n) is 6.14. The van der Waals surface area contributed by atoms with E-state index >= 15 is 0 Å². The minimum absolute atomic E-state index is 0.00402. The van der Waals surface area contributed by atoms with Crippen molar-refractivity contribution in [2.75, 3.05) is 12.4 Å². The number of aromatic nitrogens is 2. The van der Waals surface area contributed by atoms with Gasteiger partial charge in [-0.3, -0.25) is 4.79 Å². The standard InChI is InChI=1S/C19H19ClFN5O2/c1-10(22)19(27)23-8-11-6-12-15(7-16(11)28-2)24-9-25-18(12)26-14-5-3-4-13(20)17(14)21/h3-7,9-10H,8,22H2,1-2H3,(H,23,27)(H,24,25,26)/t10-/m1/s1. The van der Waals surface area contributed by atoms with Crippen molar-refractivity contribution >= 4 is 39.9 Å². The third kappa shape index (κ3) is 4.13. The second kappa shape index (κ2) is 8.37. The van der Waals surface area contributed by atoms with Crippen LogP contribution in [0.3, 0.4) is 0 Å². The molecule has 3 aromatic rings. The summed E-state index contributed by atoms with van der Waals surface area (Å²) in [5, 5.41) is 6.32. The van der Waals surface area contributed by atoms with Crippen molar-refractivity contribution < 1.29 is 13.9 Å². The van der Waals surface area contributed by atoms with E-state index < -0.39 is 11.9 Å². The Morgan fingerprint density at radius 2 is 2.14 bits per heavy atom. The Labute approximate surface area is 166 Å². The van der Waals surface area contributed by atoms with E-state index in [0.717, 1.165) is 0 Å². The first-order valence-electron chi connectivity index (χ1n) is 8.46. The van der Waals surface area contributed by atoms with Gasteiger partial charge in [-0.05, 0) is 25.1 Å². The summed E-state index contributed by atoms with van der Waals surface area (Å²) in [6.45, 7) is 1.81. The molecule has 146 valence electrons. The molecule has 28 heavy (non-hydrogen) atoms. The van der Waals surface area contributed by atoms with Gasteiger partial charge in [0.15, 0.2) is 5.82 Å². The summed E-state index contributed by atoms with van der Waals surface area (Å²) in [5.74, 6) is 0.0873. The molecule has 0 bridgehead atoms. The Hall–Kier alpha value is -2.97. The number of rotatable bonds is 6. The molecule has 2 aromatic carbocycles. The van der Waals surface area contributed by atoms with Gasteiger partial charge in [0.25, 0.3) is 0 Å². The van der Waals surface area contributed by atoms with Crippen LogP contribution >= 0.6 is 11.6 Å². The number of fused-ring (bicyclic) bond motifs is 1. The van der Waals surface area contributed by atoms with Crippen LogP contribution in [0.4, 0.5) is 15.9 Å². The molecule has 1 atom stereocenters. The van der Waals surface area contributed by atoms with E-state index in [9.17, 15) is 9.18 Å². The van der Waals surface area contributed by atoms with Crippen molar-refractivity contribution in [2.45, 2.75) is 19.5 Å². The number of amides is 1. The van der Waals surface area contributed by atoms with Crippen LogP contribution in [0, 0.1) is 5.82 Å². The van der Waals surface area contributed by atoms with Crippen LogP contribution in [0.15, 0.2) is 36.7 Å². The Kier molecular flexibility index (Phi) is 5.91. The van der Waals surface area contributed by atoms with Crippen molar-refractivity contribution in [3.63, 3.8) is 0 Å². The predicted octanol–water partition coefficient (Wildman–Crippen LogP) is 3.14. The maximum Gasteiger partial charge on any atom is 0.236 e.